The number of likely N-dealkylation sites (tertiary alicyclic amines) is 2. The van der Waals surface area contributed by atoms with Gasteiger partial charge in [0.05, 0.1) is 6.10 Å². The quantitative estimate of drug-likeness (QED) is 0.896. The van der Waals surface area contributed by atoms with Gasteiger partial charge in [-0.15, -0.1) is 0 Å². The fraction of sp³-hybridized carbons (Fsp3) is 0.478. The Balaban J connectivity index is 1.46. The van der Waals surface area contributed by atoms with E-state index in [1.54, 1.807) is 0 Å². The lowest BCUT2D eigenvalue weighted by Crippen LogP contribution is -2.40. The number of aliphatic hydroxyl groups excluding tert-OH is 1. The van der Waals surface area contributed by atoms with E-state index in [-0.39, 0.29) is 6.10 Å². The van der Waals surface area contributed by atoms with Crippen molar-refractivity contribution < 1.29 is 5.11 Å². The normalized spacial score (nSPS) is 25.6. The van der Waals surface area contributed by atoms with Crippen LogP contribution in [-0.4, -0.2) is 53.7 Å². The van der Waals surface area contributed by atoms with Crippen molar-refractivity contribution in [1.29, 1.82) is 0 Å². The number of piperidine rings is 1. The number of benzene rings is 2. The van der Waals surface area contributed by atoms with Crippen molar-refractivity contribution in [3.63, 3.8) is 0 Å². The van der Waals surface area contributed by atoms with Gasteiger partial charge in [-0.2, -0.15) is 0 Å². The summed E-state index contributed by atoms with van der Waals surface area (Å²) in [6.07, 6.45) is 1.77. The van der Waals surface area contributed by atoms with Gasteiger partial charge in [0, 0.05) is 45.2 Å². The summed E-state index contributed by atoms with van der Waals surface area (Å²) in [6.45, 7) is 6.57. The zero-order valence-corrected chi connectivity index (χ0v) is 15.5. The maximum absolute atomic E-state index is 9.79. The van der Waals surface area contributed by atoms with Gasteiger partial charge in [0.2, 0.25) is 0 Å². The Morgan fingerprint density at radius 3 is 2.15 bits per heavy atom. The van der Waals surface area contributed by atoms with E-state index in [9.17, 15) is 5.11 Å². The fourth-order valence-corrected chi connectivity index (χ4v) is 4.63. The second-order valence-electron chi connectivity index (χ2n) is 7.99. The molecule has 26 heavy (non-hydrogen) atoms. The highest BCUT2D eigenvalue weighted by Gasteiger charge is 2.35. The summed E-state index contributed by atoms with van der Waals surface area (Å²) >= 11 is 0. The highest BCUT2D eigenvalue weighted by molar-refractivity contribution is 5.23. The molecule has 2 aliphatic rings. The van der Waals surface area contributed by atoms with Gasteiger partial charge in [0.1, 0.15) is 0 Å². The van der Waals surface area contributed by atoms with E-state index in [1.165, 1.54) is 11.1 Å². The van der Waals surface area contributed by atoms with Gasteiger partial charge in [-0.1, -0.05) is 60.7 Å². The molecule has 2 saturated heterocycles. The summed E-state index contributed by atoms with van der Waals surface area (Å²) in [5, 5.41) is 9.79. The molecule has 2 heterocycles. The molecule has 0 bridgehead atoms. The molecule has 3 heteroatoms. The number of rotatable bonds is 5. The molecular weight excluding hydrogens is 320 g/mol. The summed E-state index contributed by atoms with van der Waals surface area (Å²) < 4.78 is 0. The maximum Gasteiger partial charge on any atom is 0.0564 e. The van der Waals surface area contributed by atoms with Crippen LogP contribution in [0.3, 0.4) is 0 Å². The Morgan fingerprint density at radius 2 is 1.46 bits per heavy atom. The van der Waals surface area contributed by atoms with Crippen molar-refractivity contribution in [2.75, 3.05) is 32.7 Å². The molecule has 1 N–H and O–H groups in total. The molecule has 0 amide bonds. The monoisotopic (exact) mass is 350 g/mol. The molecule has 2 aromatic carbocycles. The van der Waals surface area contributed by atoms with Gasteiger partial charge in [0.15, 0.2) is 0 Å². The molecule has 2 fully saturated rings. The van der Waals surface area contributed by atoms with E-state index in [0.717, 1.165) is 52.1 Å². The fourth-order valence-electron chi connectivity index (χ4n) is 4.63. The summed E-state index contributed by atoms with van der Waals surface area (Å²) in [5.74, 6) is 1.27. The molecule has 138 valence electrons. The zero-order chi connectivity index (χ0) is 17.8. The molecule has 0 aromatic heterocycles. The second-order valence-corrected chi connectivity index (χ2v) is 7.99. The van der Waals surface area contributed by atoms with Crippen LogP contribution in [0.1, 0.15) is 29.9 Å². The van der Waals surface area contributed by atoms with E-state index < -0.39 is 0 Å². The van der Waals surface area contributed by atoms with Crippen molar-refractivity contribution in [1.82, 2.24) is 9.80 Å². The van der Waals surface area contributed by atoms with E-state index in [0.29, 0.717) is 11.8 Å². The van der Waals surface area contributed by atoms with Crippen LogP contribution in [0.2, 0.25) is 0 Å². The van der Waals surface area contributed by atoms with E-state index in [4.69, 9.17) is 0 Å². The average molecular weight is 351 g/mol. The second kappa shape index (κ2) is 8.34. The largest absolute Gasteiger partial charge is 0.393 e. The van der Waals surface area contributed by atoms with Gasteiger partial charge in [-0.05, 0) is 29.9 Å². The van der Waals surface area contributed by atoms with E-state index >= 15 is 0 Å². The summed E-state index contributed by atoms with van der Waals surface area (Å²) in [5.41, 5.74) is 2.88. The number of nitrogens with zero attached hydrogens (tertiary/aromatic N) is 2. The third kappa shape index (κ3) is 4.35. The molecule has 2 atom stereocenters. The molecule has 2 aromatic rings. The maximum atomic E-state index is 9.79. The summed E-state index contributed by atoms with van der Waals surface area (Å²) in [6, 6.07) is 21.9. The Bertz CT molecular complexity index is 667. The van der Waals surface area contributed by atoms with Gasteiger partial charge >= 0.3 is 0 Å². The summed E-state index contributed by atoms with van der Waals surface area (Å²) in [4.78, 5) is 5.19. The first-order chi connectivity index (χ1) is 12.8. The topological polar surface area (TPSA) is 26.7 Å². The van der Waals surface area contributed by atoms with Crippen LogP contribution in [0.4, 0.5) is 0 Å². The lowest BCUT2D eigenvalue weighted by Gasteiger charge is -2.33. The first kappa shape index (κ1) is 17.7. The Kier molecular flexibility index (Phi) is 5.68. The lowest BCUT2D eigenvalue weighted by molar-refractivity contribution is 0.0740. The third-order valence-electron chi connectivity index (χ3n) is 6.04. The average Bonchev–Trinajstić information content (AvgIpc) is 3.07. The molecule has 3 nitrogen and oxygen atoms in total. The van der Waals surface area contributed by atoms with Crippen LogP contribution in [0.25, 0.3) is 0 Å². The van der Waals surface area contributed by atoms with Crippen LogP contribution in [0.5, 0.6) is 0 Å². The first-order valence-electron chi connectivity index (χ1n) is 9.99. The van der Waals surface area contributed by atoms with Crippen molar-refractivity contribution in [3.8, 4) is 0 Å². The SMILES string of the molecule is OC1CCN(CC2CN(Cc3ccccc3)C[C@@H]2c2ccccc2)CC1. The molecule has 2 aliphatic heterocycles. The van der Waals surface area contributed by atoms with Crippen LogP contribution >= 0.6 is 0 Å². The first-order valence-corrected chi connectivity index (χ1v) is 9.99. The zero-order valence-electron chi connectivity index (χ0n) is 15.5. The highest BCUT2D eigenvalue weighted by atomic mass is 16.3. The van der Waals surface area contributed by atoms with Crippen molar-refractivity contribution in [3.05, 3.63) is 71.8 Å². The predicted molar refractivity (Wildman–Crippen MR) is 106 cm³/mol. The summed E-state index contributed by atoms with van der Waals surface area (Å²) in [7, 11) is 0. The molecule has 1 unspecified atom stereocenters. The number of hydrogen-bond acceptors (Lipinski definition) is 3. The lowest BCUT2D eigenvalue weighted by atomic mass is 9.88. The van der Waals surface area contributed by atoms with Crippen LogP contribution < -0.4 is 0 Å². The van der Waals surface area contributed by atoms with Gasteiger partial charge in [-0.3, -0.25) is 4.90 Å². The third-order valence-corrected chi connectivity index (χ3v) is 6.04. The molecular formula is C23H30N2O. The molecule has 4 rings (SSSR count). The van der Waals surface area contributed by atoms with Crippen molar-refractivity contribution in [2.45, 2.75) is 31.4 Å². The minimum Gasteiger partial charge on any atom is -0.393 e. The smallest absolute Gasteiger partial charge is 0.0564 e. The van der Waals surface area contributed by atoms with Crippen LogP contribution in [0, 0.1) is 5.92 Å². The molecule has 0 saturated carbocycles. The van der Waals surface area contributed by atoms with E-state index in [2.05, 4.69) is 70.5 Å². The standard InChI is InChI=1S/C23H30N2O/c26-22-11-13-24(14-12-22)16-21-17-25(15-19-7-3-1-4-8-19)18-23(21)20-9-5-2-6-10-20/h1-10,21-23,26H,11-18H2/t21?,23-/m1/s1. The Labute approximate surface area is 157 Å². The number of aliphatic hydroxyl groups is 1. The Hall–Kier alpha value is -1.68. The van der Waals surface area contributed by atoms with Crippen molar-refractivity contribution >= 4 is 0 Å². The van der Waals surface area contributed by atoms with Gasteiger partial charge in [-0.25, -0.2) is 0 Å². The van der Waals surface area contributed by atoms with Gasteiger partial charge < -0.3 is 10.0 Å². The van der Waals surface area contributed by atoms with Gasteiger partial charge in [0.25, 0.3) is 0 Å². The molecule has 0 radical (unpaired) electrons. The molecule has 0 aliphatic carbocycles. The minimum atomic E-state index is -0.0886. The van der Waals surface area contributed by atoms with Crippen molar-refractivity contribution in [2.24, 2.45) is 5.92 Å². The predicted octanol–water partition coefficient (Wildman–Crippen LogP) is 3.36. The molecule has 0 spiro atoms. The van der Waals surface area contributed by atoms with Crippen LogP contribution in [0.15, 0.2) is 60.7 Å². The number of hydrogen-bond donors (Lipinski definition) is 1. The Morgan fingerprint density at radius 1 is 0.808 bits per heavy atom. The minimum absolute atomic E-state index is 0.0886. The highest BCUT2D eigenvalue weighted by Crippen LogP contribution is 2.34. The van der Waals surface area contributed by atoms with Crippen LogP contribution in [-0.2, 0) is 6.54 Å². The van der Waals surface area contributed by atoms with E-state index in [1.807, 2.05) is 0 Å².